The first kappa shape index (κ1) is 13.4. The molecule has 102 valence electrons. The monoisotopic (exact) mass is 262 g/mol. The molecule has 0 aliphatic heterocycles. The Morgan fingerprint density at radius 2 is 2.11 bits per heavy atom. The van der Waals surface area contributed by atoms with Gasteiger partial charge in [0.2, 0.25) is 5.91 Å². The Hall–Kier alpha value is -2.08. The Morgan fingerprint density at radius 3 is 2.84 bits per heavy atom. The molecule has 1 unspecified atom stereocenters. The van der Waals surface area contributed by atoms with Crippen LogP contribution in [0.3, 0.4) is 0 Å². The Morgan fingerprint density at radius 1 is 1.37 bits per heavy atom. The van der Waals surface area contributed by atoms with E-state index in [1.54, 1.807) is 18.2 Å². The first-order chi connectivity index (χ1) is 9.04. The molecule has 19 heavy (non-hydrogen) atoms. The summed E-state index contributed by atoms with van der Waals surface area (Å²) in [6.45, 7) is 1.92. The van der Waals surface area contributed by atoms with Crippen LogP contribution in [0.1, 0.15) is 26.2 Å². The van der Waals surface area contributed by atoms with Crippen LogP contribution in [0.4, 0.5) is 5.69 Å². The van der Waals surface area contributed by atoms with Crippen LogP contribution in [-0.4, -0.2) is 21.9 Å². The largest absolute Gasteiger partial charge is 0.328 e. The third kappa shape index (κ3) is 3.69. The predicted octanol–water partition coefficient (Wildman–Crippen LogP) is 1.31. The second-order valence-corrected chi connectivity index (χ2v) is 4.76. The van der Waals surface area contributed by atoms with Crippen LogP contribution in [0, 0.1) is 0 Å². The molecule has 0 aliphatic rings. The molecular weight excluding hydrogens is 244 g/mol. The maximum atomic E-state index is 11.7. The molecule has 1 aromatic carbocycles. The van der Waals surface area contributed by atoms with E-state index in [0.717, 1.165) is 18.4 Å². The number of nitrogens with two attached hydrogens (primary N) is 1. The van der Waals surface area contributed by atoms with Crippen LogP contribution < -0.4 is 16.7 Å². The topological polar surface area (TPSA) is 104 Å². The van der Waals surface area contributed by atoms with E-state index in [0.29, 0.717) is 17.6 Å². The van der Waals surface area contributed by atoms with Crippen molar-refractivity contribution < 1.29 is 4.79 Å². The van der Waals surface area contributed by atoms with Gasteiger partial charge in [-0.15, -0.1) is 0 Å². The van der Waals surface area contributed by atoms with Crippen LogP contribution in [0.15, 0.2) is 23.0 Å². The van der Waals surface area contributed by atoms with E-state index in [-0.39, 0.29) is 17.6 Å². The lowest BCUT2D eigenvalue weighted by Crippen LogP contribution is -2.16. The Labute approximate surface area is 110 Å². The molecule has 2 aromatic rings. The molecule has 5 N–H and O–H groups in total. The number of benzene rings is 1. The summed E-state index contributed by atoms with van der Waals surface area (Å²) in [7, 11) is 0. The molecule has 1 amide bonds. The molecule has 1 atom stereocenters. The molecule has 0 saturated carbocycles. The first-order valence-electron chi connectivity index (χ1n) is 6.32. The highest BCUT2D eigenvalue weighted by atomic mass is 16.1. The molecule has 0 bridgehead atoms. The zero-order chi connectivity index (χ0) is 13.8. The lowest BCUT2D eigenvalue weighted by Gasteiger charge is -2.06. The van der Waals surface area contributed by atoms with Gasteiger partial charge in [-0.2, -0.15) is 0 Å². The molecule has 0 radical (unpaired) electrons. The van der Waals surface area contributed by atoms with Crippen molar-refractivity contribution >= 4 is 22.6 Å². The number of rotatable bonds is 5. The van der Waals surface area contributed by atoms with Gasteiger partial charge in [0, 0.05) is 18.2 Å². The van der Waals surface area contributed by atoms with Crippen LogP contribution in [0.2, 0.25) is 0 Å². The van der Waals surface area contributed by atoms with Gasteiger partial charge in [0.1, 0.15) is 0 Å². The quantitative estimate of drug-likeness (QED) is 0.653. The van der Waals surface area contributed by atoms with Crippen LogP contribution in [0.25, 0.3) is 11.0 Å². The summed E-state index contributed by atoms with van der Waals surface area (Å²) in [6, 6.07) is 5.37. The van der Waals surface area contributed by atoms with E-state index in [1.165, 1.54) is 0 Å². The number of carbonyl (C=O) groups is 1. The van der Waals surface area contributed by atoms with Gasteiger partial charge >= 0.3 is 5.69 Å². The van der Waals surface area contributed by atoms with Crippen LogP contribution in [-0.2, 0) is 4.79 Å². The lowest BCUT2D eigenvalue weighted by molar-refractivity contribution is -0.116. The average Bonchev–Trinajstić information content (AvgIpc) is 2.67. The maximum absolute atomic E-state index is 11.7. The second-order valence-electron chi connectivity index (χ2n) is 4.76. The van der Waals surface area contributed by atoms with Gasteiger partial charge in [0.05, 0.1) is 11.0 Å². The summed E-state index contributed by atoms with van der Waals surface area (Å²) in [6.07, 6.45) is 2.05. The van der Waals surface area contributed by atoms with E-state index in [4.69, 9.17) is 5.73 Å². The highest BCUT2D eigenvalue weighted by Crippen LogP contribution is 2.15. The fourth-order valence-electron chi connectivity index (χ4n) is 1.92. The molecular formula is C13H18N4O2. The molecule has 1 heterocycles. The van der Waals surface area contributed by atoms with Gasteiger partial charge in [-0.1, -0.05) is 0 Å². The minimum atomic E-state index is -0.254. The second kappa shape index (κ2) is 5.71. The first-order valence-corrected chi connectivity index (χ1v) is 6.32. The minimum Gasteiger partial charge on any atom is -0.328 e. The SMILES string of the molecule is CC(N)CCCC(=O)Nc1ccc2[nH]c(=O)[nH]c2c1. The van der Waals surface area contributed by atoms with Crippen molar-refractivity contribution in [3.05, 3.63) is 28.7 Å². The smallest absolute Gasteiger partial charge is 0.323 e. The summed E-state index contributed by atoms with van der Waals surface area (Å²) < 4.78 is 0. The van der Waals surface area contributed by atoms with E-state index in [1.807, 2.05) is 6.92 Å². The van der Waals surface area contributed by atoms with Gasteiger partial charge in [-0.25, -0.2) is 4.79 Å². The van der Waals surface area contributed by atoms with Crippen LogP contribution >= 0.6 is 0 Å². The van der Waals surface area contributed by atoms with E-state index in [2.05, 4.69) is 15.3 Å². The highest BCUT2D eigenvalue weighted by Gasteiger charge is 2.05. The fourth-order valence-corrected chi connectivity index (χ4v) is 1.92. The van der Waals surface area contributed by atoms with Gasteiger partial charge in [0.25, 0.3) is 0 Å². The average molecular weight is 262 g/mol. The van der Waals surface area contributed by atoms with Crippen molar-refractivity contribution in [3.8, 4) is 0 Å². The number of hydrogen-bond acceptors (Lipinski definition) is 3. The summed E-state index contributed by atoms with van der Waals surface area (Å²) >= 11 is 0. The Balaban J connectivity index is 1.96. The molecule has 6 nitrogen and oxygen atoms in total. The van der Waals surface area contributed by atoms with Gasteiger partial charge in [-0.3, -0.25) is 4.79 Å². The third-order valence-electron chi connectivity index (χ3n) is 2.86. The number of carbonyl (C=O) groups excluding carboxylic acids is 1. The summed E-state index contributed by atoms with van der Waals surface area (Å²) in [4.78, 5) is 28.1. The van der Waals surface area contributed by atoms with Gasteiger partial charge < -0.3 is 21.0 Å². The Kier molecular flexibility index (Phi) is 4.01. The number of anilines is 1. The standard InChI is InChI=1S/C13H18N4O2/c1-8(14)3-2-4-12(18)15-9-5-6-10-11(7-9)17-13(19)16-10/h5-8H,2-4,14H2,1H3,(H,15,18)(H2,16,17,19). The predicted molar refractivity (Wildman–Crippen MR) is 75.0 cm³/mol. The summed E-state index contributed by atoms with van der Waals surface area (Å²) in [5, 5.41) is 2.80. The minimum absolute atomic E-state index is 0.0436. The summed E-state index contributed by atoms with van der Waals surface area (Å²) in [5.41, 5.74) is 7.45. The highest BCUT2D eigenvalue weighted by molar-refractivity contribution is 5.92. The van der Waals surface area contributed by atoms with Crippen LogP contribution in [0.5, 0.6) is 0 Å². The third-order valence-corrected chi connectivity index (χ3v) is 2.86. The molecule has 0 saturated heterocycles. The van der Waals surface area contributed by atoms with Crippen molar-refractivity contribution in [1.82, 2.24) is 9.97 Å². The number of fused-ring (bicyclic) bond motifs is 1. The number of aromatic nitrogens is 2. The zero-order valence-corrected chi connectivity index (χ0v) is 10.8. The normalized spacial score (nSPS) is 12.5. The fraction of sp³-hybridized carbons (Fsp3) is 0.385. The number of imidazole rings is 1. The van der Waals surface area contributed by atoms with Gasteiger partial charge in [-0.05, 0) is 38.0 Å². The molecule has 0 spiro atoms. The van der Waals surface area contributed by atoms with Crippen molar-refractivity contribution in [3.63, 3.8) is 0 Å². The number of nitrogens with one attached hydrogen (secondary N) is 3. The van der Waals surface area contributed by atoms with Gasteiger partial charge in [0.15, 0.2) is 0 Å². The number of hydrogen-bond donors (Lipinski definition) is 4. The molecule has 0 aliphatic carbocycles. The number of aromatic amines is 2. The molecule has 2 rings (SSSR count). The van der Waals surface area contributed by atoms with Crippen molar-refractivity contribution in [2.75, 3.05) is 5.32 Å². The summed E-state index contributed by atoms with van der Waals surface area (Å²) in [5.74, 6) is -0.0436. The maximum Gasteiger partial charge on any atom is 0.323 e. The van der Waals surface area contributed by atoms with E-state index >= 15 is 0 Å². The number of H-pyrrole nitrogens is 2. The lowest BCUT2D eigenvalue weighted by atomic mass is 10.1. The zero-order valence-electron chi connectivity index (χ0n) is 10.8. The molecule has 6 heteroatoms. The Bertz CT molecular complexity index is 627. The van der Waals surface area contributed by atoms with E-state index < -0.39 is 0 Å². The van der Waals surface area contributed by atoms with E-state index in [9.17, 15) is 9.59 Å². The van der Waals surface area contributed by atoms with Crippen molar-refractivity contribution in [1.29, 1.82) is 0 Å². The molecule has 1 aromatic heterocycles. The van der Waals surface area contributed by atoms with Crippen molar-refractivity contribution in [2.45, 2.75) is 32.2 Å². The van der Waals surface area contributed by atoms with Crippen molar-refractivity contribution in [2.24, 2.45) is 5.73 Å². The molecule has 0 fully saturated rings. The number of amides is 1.